The van der Waals surface area contributed by atoms with E-state index in [1.807, 2.05) is 60.7 Å². The van der Waals surface area contributed by atoms with Gasteiger partial charge in [-0.2, -0.15) is 0 Å². The minimum Gasteiger partial charge on any atom is -0.384 e. The van der Waals surface area contributed by atoms with Crippen LogP contribution in [0.1, 0.15) is 16.8 Å². The van der Waals surface area contributed by atoms with Gasteiger partial charge in [-0.1, -0.05) is 60.7 Å². The summed E-state index contributed by atoms with van der Waals surface area (Å²) >= 11 is 0. The van der Waals surface area contributed by atoms with E-state index in [2.05, 4.69) is 15.6 Å². The molecule has 7 heteroatoms. The number of nitrogens with one attached hydrogen (secondary N) is 2. The molecule has 3 aromatic rings. The second-order valence-corrected chi connectivity index (χ2v) is 6.54. The number of rotatable bonds is 10. The molecule has 3 rings (SSSR count). The van der Waals surface area contributed by atoms with Crippen LogP contribution < -0.4 is 10.6 Å². The van der Waals surface area contributed by atoms with E-state index in [-0.39, 0.29) is 11.5 Å². The summed E-state index contributed by atoms with van der Waals surface area (Å²) in [7, 11) is 1.62. The minimum atomic E-state index is -0.395. The van der Waals surface area contributed by atoms with E-state index in [0.717, 1.165) is 16.8 Å². The molecule has 0 bridgehead atoms. The van der Waals surface area contributed by atoms with E-state index in [1.165, 1.54) is 0 Å². The summed E-state index contributed by atoms with van der Waals surface area (Å²) in [6.45, 7) is 1.41. The van der Waals surface area contributed by atoms with Crippen LogP contribution in [0.5, 0.6) is 0 Å². The third-order valence-corrected chi connectivity index (χ3v) is 4.42. The van der Waals surface area contributed by atoms with Gasteiger partial charge in [-0.25, -0.2) is 4.98 Å². The Morgan fingerprint density at radius 3 is 2.10 bits per heavy atom. The van der Waals surface area contributed by atoms with Gasteiger partial charge in [-0.3, -0.25) is 10.1 Å². The first kappa shape index (κ1) is 20.3. The fourth-order valence-electron chi connectivity index (χ4n) is 2.94. The lowest BCUT2D eigenvalue weighted by molar-refractivity contribution is -0.383. The van der Waals surface area contributed by atoms with Crippen molar-refractivity contribution < 1.29 is 9.66 Å². The van der Waals surface area contributed by atoms with Crippen molar-refractivity contribution in [1.82, 2.24) is 4.98 Å². The lowest BCUT2D eigenvalue weighted by Gasteiger charge is -2.14. The summed E-state index contributed by atoms with van der Waals surface area (Å²) in [4.78, 5) is 15.9. The van der Waals surface area contributed by atoms with Crippen LogP contribution in [0.3, 0.4) is 0 Å². The van der Waals surface area contributed by atoms with Crippen molar-refractivity contribution in [2.75, 3.05) is 24.4 Å². The van der Waals surface area contributed by atoms with Crippen LogP contribution in [0.25, 0.3) is 0 Å². The van der Waals surface area contributed by atoms with Gasteiger partial charge in [-0.15, -0.1) is 0 Å². The number of nitro groups is 1. The van der Waals surface area contributed by atoms with Crippen molar-refractivity contribution in [2.24, 2.45) is 0 Å². The summed E-state index contributed by atoms with van der Waals surface area (Å²) in [5, 5.41) is 18.2. The standard InChI is InChI=1S/C22H24N4O3/c1-29-13-12-19-14-20(23-15-17-8-4-2-5-9-17)21(26(27)28)22(25-19)24-16-18-10-6-3-7-11-18/h2-11,14H,12-13,15-16H2,1H3,(H2,23,24,25). The third-order valence-electron chi connectivity index (χ3n) is 4.42. The Morgan fingerprint density at radius 1 is 0.966 bits per heavy atom. The molecule has 2 N–H and O–H groups in total. The fraction of sp³-hybridized carbons (Fsp3) is 0.227. The Hall–Kier alpha value is -3.45. The van der Waals surface area contributed by atoms with Gasteiger partial charge in [0.25, 0.3) is 0 Å². The van der Waals surface area contributed by atoms with Crippen molar-refractivity contribution in [3.63, 3.8) is 0 Å². The Balaban J connectivity index is 1.89. The predicted octanol–water partition coefficient (Wildman–Crippen LogP) is 4.40. The summed E-state index contributed by atoms with van der Waals surface area (Å²) in [5.74, 6) is 0.253. The van der Waals surface area contributed by atoms with Crippen LogP contribution in [0.4, 0.5) is 17.2 Å². The summed E-state index contributed by atoms with van der Waals surface area (Å²) in [6.07, 6.45) is 0.564. The Bertz CT molecular complexity index is 869. The highest BCUT2D eigenvalue weighted by atomic mass is 16.6. The maximum absolute atomic E-state index is 11.9. The first-order chi connectivity index (χ1) is 14.2. The highest BCUT2D eigenvalue weighted by Crippen LogP contribution is 2.33. The minimum absolute atomic E-state index is 0.0574. The second kappa shape index (κ2) is 10.2. The number of hydrogen-bond acceptors (Lipinski definition) is 6. The number of methoxy groups -OCH3 is 1. The van der Waals surface area contributed by atoms with E-state index in [4.69, 9.17) is 4.74 Å². The van der Waals surface area contributed by atoms with E-state index in [1.54, 1.807) is 13.2 Å². The molecule has 0 aliphatic carbocycles. The van der Waals surface area contributed by atoms with Gasteiger partial charge in [0.05, 0.1) is 11.5 Å². The number of anilines is 2. The molecule has 0 saturated carbocycles. The van der Waals surface area contributed by atoms with Crippen molar-refractivity contribution in [3.05, 3.63) is 93.7 Å². The number of aromatic nitrogens is 1. The summed E-state index contributed by atoms with van der Waals surface area (Å²) < 4.78 is 5.15. The molecule has 29 heavy (non-hydrogen) atoms. The van der Waals surface area contributed by atoms with Crippen LogP contribution in [0.2, 0.25) is 0 Å². The predicted molar refractivity (Wildman–Crippen MR) is 114 cm³/mol. The summed E-state index contributed by atoms with van der Waals surface area (Å²) in [5.41, 5.74) is 3.16. The maximum Gasteiger partial charge on any atom is 0.334 e. The van der Waals surface area contributed by atoms with Gasteiger partial charge in [0.2, 0.25) is 5.82 Å². The van der Waals surface area contributed by atoms with E-state index in [9.17, 15) is 10.1 Å². The van der Waals surface area contributed by atoms with Crippen molar-refractivity contribution in [3.8, 4) is 0 Å². The molecular weight excluding hydrogens is 368 g/mol. The number of nitrogens with zero attached hydrogens (tertiary/aromatic N) is 2. The number of hydrogen-bond donors (Lipinski definition) is 2. The molecule has 0 amide bonds. The van der Waals surface area contributed by atoms with Crippen LogP contribution >= 0.6 is 0 Å². The molecule has 2 aromatic carbocycles. The molecule has 1 heterocycles. The maximum atomic E-state index is 11.9. The quantitative estimate of drug-likeness (QED) is 0.393. The zero-order chi connectivity index (χ0) is 20.5. The number of benzene rings is 2. The number of ether oxygens (including phenoxy) is 1. The molecule has 0 unspecified atom stereocenters. The largest absolute Gasteiger partial charge is 0.384 e. The molecular formula is C22H24N4O3. The Labute approximate surface area is 169 Å². The molecule has 0 aliphatic heterocycles. The molecule has 0 saturated heterocycles. The van der Waals surface area contributed by atoms with E-state index in [0.29, 0.717) is 31.8 Å². The van der Waals surface area contributed by atoms with E-state index < -0.39 is 4.92 Å². The normalized spacial score (nSPS) is 10.5. The molecule has 0 atom stereocenters. The van der Waals surface area contributed by atoms with Crippen molar-refractivity contribution in [2.45, 2.75) is 19.5 Å². The fourth-order valence-corrected chi connectivity index (χ4v) is 2.94. The van der Waals surface area contributed by atoms with Gasteiger partial charge in [0, 0.05) is 32.3 Å². The molecule has 7 nitrogen and oxygen atoms in total. The molecule has 1 aromatic heterocycles. The van der Waals surface area contributed by atoms with Crippen molar-refractivity contribution in [1.29, 1.82) is 0 Å². The van der Waals surface area contributed by atoms with Crippen LogP contribution in [-0.4, -0.2) is 23.6 Å². The van der Waals surface area contributed by atoms with Gasteiger partial charge < -0.3 is 15.4 Å². The molecule has 0 fully saturated rings. The SMILES string of the molecule is COCCc1cc(NCc2ccccc2)c([N+](=O)[O-])c(NCc2ccccc2)n1. The van der Waals surface area contributed by atoms with Gasteiger partial charge >= 0.3 is 5.69 Å². The smallest absolute Gasteiger partial charge is 0.334 e. The van der Waals surface area contributed by atoms with Crippen molar-refractivity contribution >= 4 is 17.2 Å². The van der Waals surface area contributed by atoms with E-state index >= 15 is 0 Å². The first-order valence-corrected chi connectivity index (χ1v) is 9.40. The summed E-state index contributed by atoms with van der Waals surface area (Å²) in [6, 6.07) is 21.2. The highest BCUT2D eigenvalue weighted by Gasteiger charge is 2.23. The monoisotopic (exact) mass is 392 g/mol. The third kappa shape index (κ3) is 5.76. The average Bonchev–Trinajstić information content (AvgIpc) is 2.75. The van der Waals surface area contributed by atoms with Crippen LogP contribution in [0.15, 0.2) is 66.7 Å². The topological polar surface area (TPSA) is 89.3 Å². The second-order valence-electron chi connectivity index (χ2n) is 6.54. The molecule has 0 radical (unpaired) electrons. The lowest BCUT2D eigenvalue weighted by Crippen LogP contribution is -2.11. The Morgan fingerprint density at radius 2 is 1.55 bits per heavy atom. The van der Waals surface area contributed by atoms with Crippen LogP contribution in [-0.2, 0) is 24.2 Å². The van der Waals surface area contributed by atoms with Gasteiger partial charge in [0.15, 0.2) is 0 Å². The molecule has 150 valence electrons. The van der Waals surface area contributed by atoms with Gasteiger partial charge in [-0.05, 0) is 17.2 Å². The average molecular weight is 392 g/mol. The van der Waals surface area contributed by atoms with Gasteiger partial charge in [0.1, 0.15) is 5.69 Å². The van der Waals surface area contributed by atoms with Crippen LogP contribution in [0, 0.1) is 10.1 Å². The molecule has 0 aliphatic rings. The molecule has 0 spiro atoms. The zero-order valence-corrected chi connectivity index (χ0v) is 16.3. The Kier molecular flexibility index (Phi) is 7.13. The highest BCUT2D eigenvalue weighted by molar-refractivity contribution is 5.73. The zero-order valence-electron chi connectivity index (χ0n) is 16.3. The first-order valence-electron chi connectivity index (χ1n) is 9.40. The lowest BCUT2D eigenvalue weighted by atomic mass is 10.2. The number of pyridine rings is 1.